The largest absolute Gasteiger partial charge is 0.490 e. The molecule has 0 unspecified atom stereocenters. The zero-order chi connectivity index (χ0) is 17.4. The van der Waals surface area contributed by atoms with Crippen molar-refractivity contribution in [3.05, 3.63) is 36.0 Å². The number of thiophene rings is 1. The van der Waals surface area contributed by atoms with E-state index in [0.29, 0.717) is 23.6 Å². The monoisotopic (exact) mass is 362 g/mol. The lowest BCUT2D eigenvalue weighted by Crippen LogP contribution is -2.04. The number of fused-ring (bicyclic) bond motifs is 3. The predicted octanol–water partition coefficient (Wildman–Crippen LogP) is 4.01. The van der Waals surface area contributed by atoms with Crippen LogP contribution in [0.3, 0.4) is 0 Å². The van der Waals surface area contributed by atoms with Crippen LogP contribution in [0, 0.1) is 0 Å². The molecule has 3 aromatic heterocycles. The Balaban J connectivity index is 1.80. The van der Waals surface area contributed by atoms with Crippen LogP contribution >= 0.6 is 11.3 Å². The van der Waals surface area contributed by atoms with Crippen LogP contribution in [-0.2, 0) is 0 Å². The molecule has 0 aliphatic carbocycles. The van der Waals surface area contributed by atoms with Crippen molar-refractivity contribution in [3.63, 3.8) is 0 Å². The Morgan fingerprint density at radius 2 is 2.12 bits per heavy atom. The summed E-state index contributed by atoms with van der Waals surface area (Å²) in [6, 6.07) is 6.57. The van der Waals surface area contributed by atoms with E-state index in [9.17, 15) is 8.78 Å². The summed E-state index contributed by atoms with van der Waals surface area (Å²) in [7, 11) is 0. The standard InChI is InChI=1S/C16H12F2N4O2S/c1-2-23-12-7-9(3-4-11(12)24-16(17)18)13-20-14-10-5-6-25-15(10)19-8-22(14)21-13/h3-8,16H,2H2,1H3. The molecule has 0 radical (unpaired) electrons. The number of rotatable bonds is 5. The second-order valence-corrected chi connectivity index (χ2v) is 5.96. The van der Waals surface area contributed by atoms with Gasteiger partial charge in [0, 0.05) is 5.56 Å². The molecule has 0 aliphatic rings. The Hall–Kier alpha value is -2.81. The van der Waals surface area contributed by atoms with E-state index in [1.165, 1.54) is 17.4 Å². The number of nitrogens with zero attached hydrogens (tertiary/aromatic N) is 4. The first-order valence-electron chi connectivity index (χ1n) is 7.46. The first kappa shape index (κ1) is 15.7. The summed E-state index contributed by atoms with van der Waals surface area (Å²) in [5, 5.41) is 7.26. The molecule has 0 N–H and O–H groups in total. The molecule has 0 aliphatic heterocycles. The number of aromatic nitrogens is 4. The third-order valence-corrected chi connectivity index (χ3v) is 4.34. The zero-order valence-electron chi connectivity index (χ0n) is 13.0. The van der Waals surface area contributed by atoms with Crippen molar-refractivity contribution in [2.24, 2.45) is 0 Å². The van der Waals surface area contributed by atoms with E-state index < -0.39 is 6.61 Å². The number of hydrogen-bond donors (Lipinski definition) is 0. The Labute approximate surface area is 144 Å². The molecule has 1 aromatic carbocycles. The molecular weight excluding hydrogens is 350 g/mol. The van der Waals surface area contributed by atoms with Crippen LogP contribution < -0.4 is 9.47 Å². The Bertz CT molecular complexity index is 1050. The second kappa shape index (κ2) is 6.25. The highest BCUT2D eigenvalue weighted by Crippen LogP contribution is 2.33. The fraction of sp³-hybridized carbons (Fsp3) is 0.188. The van der Waals surface area contributed by atoms with Crippen LogP contribution in [0.15, 0.2) is 36.0 Å². The molecule has 0 amide bonds. The molecular formula is C16H12F2N4O2S. The first-order valence-corrected chi connectivity index (χ1v) is 8.34. The molecule has 4 rings (SSSR count). The summed E-state index contributed by atoms with van der Waals surface area (Å²) >= 11 is 1.52. The molecule has 0 saturated carbocycles. The van der Waals surface area contributed by atoms with E-state index in [0.717, 1.165) is 10.2 Å². The van der Waals surface area contributed by atoms with Crippen molar-refractivity contribution >= 4 is 27.2 Å². The van der Waals surface area contributed by atoms with Crippen molar-refractivity contribution in [2.45, 2.75) is 13.5 Å². The molecule has 0 spiro atoms. The van der Waals surface area contributed by atoms with Crippen LogP contribution in [0.25, 0.3) is 27.3 Å². The highest BCUT2D eigenvalue weighted by atomic mass is 32.1. The zero-order valence-corrected chi connectivity index (χ0v) is 13.8. The first-order chi connectivity index (χ1) is 12.2. The maximum absolute atomic E-state index is 12.5. The number of benzene rings is 1. The fourth-order valence-electron chi connectivity index (χ4n) is 2.50. The van der Waals surface area contributed by atoms with Gasteiger partial charge in [-0.3, -0.25) is 0 Å². The van der Waals surface area contributed by atoms with Gasteiger partial charge in [0.1, 0.15) is 11.2 Å². The van der Waals surface area contributed by atoms with Gasteiger partial charge in [-0.05, 0) is 36.6 Å². The quantitative estimate of drug-likeness (QED) is 0.537. The maximum Gasteiger partial charge on any atom is 0.387 e. The van der Waals surface area contributed by atoms with Crippen molar-refractivity contribution in [3.8, 4) is 22.9 Å². The summed E-state index contributed by atoms with van der Waals surface area (Å²) in [5.41, 5.74) is 1.32. The van der Waals surface area contributed by atoms with Crippen LogP contribution in [0.5, 0.6) is 11.5 Å². The lowest BCUT2D eigenvalue weighted by atomic mass is 10.2. The molecule has 0 fully saturated rings. The van der Waals surface area contributed by atoms with Crippen LogP contribution in [0.1, 0.15) is 6.92 Å². The normalized spacial score (nSPS) is 11.5. The maximum atomic E-state index is 12.5. The number of ether oxygens (including phenoxy) is 2. The molecule has 9 heteroatoms. The lowest BCUT2D eigenvalue weighted by molar-refractivity contribution is -0.0514. The van der Waals surface area contributed by atoms with E-state index >= 15 is 0 Å². The molecule has 3 heterocycles. The van der Waals surface area contributed by atoms with Gasteiger partial charge in [0.2, 0.25) is 0 Å². The van der Waals surface area contributed by atoms with E-state index in [1.807, 2.05) is 11.4 Å². The molecule has 0 saturated heterocycles. The smallest absolute Gasteiger partial charge is 0.387 e. The second-order valence-electron chi connectivity index (χ2n) is 5.06. The van der Waals surface area contributed by atoms with Crippen molar-refractivity contribution < 1.29 is 18.3 Å². The molecule has 6 nitrogen and oxygen atoms in total. The SMILES string of the molecule is CCOc1cc(-c2nc3c4ccsc4ncn3n2)ccc1OC(F)F. The minimum absolute atomic E-state index is 0.0220. The summed E-state index contributed by atoms with van der Waals surface area (Å²) in [4.78, 5) is 9.75. The molecule has 25 heavy (non-hydrogen) atoms. The predicted molar refractivity (Wildman–Crippen MR) is 89.4 cm³/mol. The van der Waals surface area contributed by atoms with E-state index in [-0.39, 0.29) is 11.5 Å². The average molecular weight is 362 g/mol. The fourth-order valence-corrected chi connectivity index (χ4v) is 3.22. The molecule has 0 bridgehead atoms. The summed E-state index contributed by atoms with van der Waals surface area (Å²) in [6.07, 6.45) is 1.60. The minimum Gasteiger partial charge on any atom is -0.490 e. The van der Waals surface area contributed by atoms with Gasteiger partial charge in [-0.2, -0.15) is 8.78 Å². The van der Waals surface area contributed by atoms with Crippen molar-refractivity contribution in [2.75, 3.05) is 6.61 Å². The highest BCUT2D eigenvalue weighted by molar-refractivity contribution is 7.16. The summed E-state index contributed by atoms with van der Waals surface area (Å²) < 4.78 is 36.5. The third-order valence-electron chi connectivity index (χ3n) is 3.52. The summed E-state index contributed by atoms with van der Waals surface area (Å²) in [5.74, 6) is 0.647. The Morgan fingerprint density at radius 3 is 2.92 bits per heavy atom. The van der Waals surface area contributed by atoms with E-state index in [2.05, 4.69) is 19.8 Å². The van der Waals surface area contributed by atoms with Gasteiger partial charge in [-0.15, -0.1) is 16.4 Å². The topological polar surface area (TPSA) is 61.5 Å². The van der Waals surface area contributed by atoms with Gasteiger partial charge in [-0.25, -0.2) is 14.5 Å². The van der Waals surface area contributed by atoms with Gasteiger partial charge in [0.15, 0.2) is 23.0 Å². The third kappa shape index (κ3) is 2.86. The summed E-state index contributed by atoms with van der Waals surface area (Å²) in [6.45, 7) is -0.835. The van der Waals surface area contributed by atoms with Gasteiger partial charge >= 0.3 is 6.61 Å². The number of halogens is 2. The minimum atomic E-state index is -2.92. The van der Waals surface area contributed by atoms with Gasteiger partial charge in [0.25, 0.3) is 0 Å². The van der Waals surface area contributed by atoms with Crippen LogP contribution in [0.2, 0.25) is 0 Å². The molecule has 0 atom stereocenters. The number of alkyl halides is 2. The van der Waals surface area contributed by atoms with Crippen LogP contribution in [-0.4, -0.2) is 32.8 Å². The average Bonchev–Trinajstić information content (AvgIpc) is 3.21. The highest BCUT2D eigenvalue weighted by Gasteiger charge is 2.15. The Kier molecular flexibility index (Phi) is 3.92. The Morgan fingerprint density at radius 1 is 1.24 bits per heavy atom. The van der Waals surface area contributed by atoms with E-state index in [1.54, 1.807) is 29.9 Å². The number of hydrogen-bond acceptors (Lipinski definition) is 6. The molecule has 128 valence electrons. The van der Waals surface area contributed by atoms with Crippen molar-refractivity contribution in [1.82, 2.24) is 19.6 Å². The van der Waals surface area contributed by atoms with Gasteiger partial charge in [0.05, 0.1) is 12.0 Å². The lowest BCUT2D eigenvalue weighted by Gasteiger charge is -2.11. The van der Waals surface area contributed by atoms with E-state index in [4.69, 9.17) is 4.74 Å². The van der Waals surface area contributed by atoms with Gasteiger partial charge < -0.3 is 9.47 Å². The molecule has 4 aromatic rings. The van der Waals surface area contributed by atoms with Gasteiger partial charge in [-0.1, -0.05) is 0 Å². The van der Waals surface area contributed by atoms with Crippen molar-refractivity contribution in [1.29, 1.82) is 0 Å². The van der Waals surface area contributed by atoms with Crippen LogP contribution in [0.4, 0.5) is 8.78 Å².